The van der Waals surface area contributed by atoms with Crippen molar-refractivity contribution in [1.82, 2.24) is 0 Å². The van der Waals surface area contributed by atoms with E-state index in [0.717, 1.165) is 0 Å². The fraction of sp³-hybridized carbons (Fsp3) is 0.172. The zero-order chi connectivity index (χ0) is 24.4. The zero-order valence-corrected chi connectivity index (χ0v) is 17.7. The largest absolute Gasteiger partial charge is 0.465 e. The number of hydrogen-bond donors (Lipinski definition) is 0. The van der Waals surface area contributed by atoms with Gasteiger partial charge in [-0.1, -0.05) is 5.92 Å². The van der Waals surface area contributed by atoms with Crippen molar-refractivity contribution in [3.05, 3.63) is 0 Å². The van der Waals surface area contributed by atoms with Gasteiger partial charge in [-0.15, -0.1) is 6.42 Å². The van der Waals surface area contributed by atoms with Gasteiger partial charge < -0.3 is 9.47 Å². The molecule has 0 aromatic rings. The Morgan fingerprint density at radius 2 is 0.818 bits per heavy atom. The second kappa shape index (κ2) is 20.8. The van der Waals surface area contributed by atoms with Gasteiger partial charge in [0.05, 0.1) is 13.2 Å². The zero-order valence-electron chi connectivity index (χ0n) is 17.7. The van der Waals surface area contributed by atoms with Gasteiger partial charge >= 0.3 is 11.9 Å². The Morgan fingerprint density at radius 3 is 1.09 bits per heavy atom. The summed E-state index contributed by atoms with van der Waals surface area (Å²) in [6.45, 7) is 3.46. The fourth-order valence-corrected chi connectivity index (χ4v) is 1.34. The molecule has 0 N–H and O–H groups in total. The molecule has 4 nitrogen and oxygen atoms in total. The Bertz CT molecular complexity index is 1410. The van der Waals surface area contributed by atoms with Crippen molar-refractivity contribution >= 4 is 11.9 Å². The molecule has 0 radical (unpaired) electrons. The molecule has 0 amide bonds. The molecule has 0 heterocycles. The van der Waals surface area contributed by atoms with Crippen molar-refractivity contribution in [2.75, 3.05) is 13.2 Å². The Kier molecular flexibility index (Phi) is 17.1. The van der Waals surface area contributed by atoms with E-state index >= 15 is 0 Å². The van der Waals surface area contributed by atoms with Crippen LogP contribution in [0.5, 0.6) is 0 Å². The lowest BCUT2D eigenvalue weighted by Gasteiger charge is -2.08. The Morgan fingerprint density at radius 1 is 0.545 bits per heavy atom. The first kappa shape index (κ1) is 27.1. The van der Waals surface area contributed by atoms with Crippen molar-refractivity contribution in [2.24, 2.45) is 5.92 Å². The molecule has 0 aliphatic rings. The molecule has 0 fully saturated rings. The van der Waals surface area contributed by atoms with Crippen LogP contribution in [0, 0.1) is 137 Å². The Labute approximate surface area is 194 Å². The average molecular weight is 424 g/mol. The first-order valence-corrected chi connectivity index (χ1v) is 8.96. The van der Waals surface area contributed by atoms with E-state index in [4.69, 9.17) is 15.9 Å². The lowest BCUT2D eigenvalue weighted by atomic mass is 10.1. The SMILES string of the molecule is C#CC#CC#CC#CC#CC#CC#CC#CC#CC#CC#CC(C(=O)OCC)C(=O)OCC. The van der Waals surface area contributed by atoms with E-state index in [1.54, 1.807) is 13.8 Å². The molecule has 152 valence electrons. The van der Waals surface area contributed by atoms with Gasteiger partial charge in [-0.3, -0.25) is 9.59 Å². The molecule has 0 aromatic carbocycles. The van der Waals surface area contributed by atoms with Crippen LogP contribution in [0.2, 0.25) is 0 Å². The van der Waals surface area contributed by atoms with Gasteiger partial charge in [0.25, 0.3) is 0 Å². The molecule has 4 heteroatoms. The van der Waals surface area contributed by atoms with Gasteiger partial charge in [-0.2, -0.15) is 0 Å². The molecule has 0 spiro atoms. The molecule has 0 saturated heterocycles. The highest BCUT2D eigenvalue weighted by Crippen LogP contribution is 2.02. The van der Waals surface area contributed by atoms with Crippen LogP contribution in [-0.4, -0.2) is 25.2 Å². The van der Waals surface area contributed by atoms with Gasteiger partial charge in [0.15, 0.2) is 0 Å². The highest BCUT2D eigenvalue weighted by Gasteiger charge is 2.27. The van der Waals surface area contributed by atoms with Crippen molar-refractivity contribution in [2.45, 2.75) is 13.8 Å². The first-order valence-electron chi connectivity index (χ1n) is 8.96. The van der Waals surface area contributed by atoms with Crippen LogP contribution in [0.1, 0.15) is 13.8 Å². The summed E-state index contributed by atoms with van der Waals surface area (Å²) in [4.78, 5) is 23.4. The molecule has 33 heavy (non-hydrogen) atoms. The van der Waals surface area contributed by atoms with Gasteiger partial charge in [-0.25, -0.2) is 0 Å². The third-order valence-electron chi connectivity index (χ3n) is 2.46. The minimum atomic E-state index is -1.35. The highest BCUT2D eigenvalue weighted by molar-refractivity contribution is 5.98. The number of ether oxygens (including phenoxy) is 2. The van der Waals surface area contributed by atoms with Crippen LogP contribution in [0.4, 0.5) is 0 Å². The van der Waals surface area contributed by atoms with E-state index < -0.39 is 17.9 Å². The summed E-state index contributed by atoms with van der Waals surface area (Å²) in [5.41, 5.74) is 0. The molecule has 0 rings (SSSR count). The summed E-state index contributed by atoms with van der Waals surface area (Å²) < 4.78 is 9.56. The molecular formula is C29H12O4. The number of esters is 2. The Hall–Kier alpha value is -5.90. The quantitative estimate of drug-likeness (QED) is 0.373. The summed E-state index contributed by atoms with van der Waals surface area (Å²) in [6, 6.07) is 0. The van der Waals surface area contributed by atoms with E-state index in [1.165, 1.54) is 0 Å². The minimum Gasteiger partial charge on any atom is -0.465 e. The van der Waals surface area contributed by atoms with Crippen LogP contribution in [0.25, 0.3) is 0 Å². The normalized spacial score (nSPS) is 6.00. The summed E-state index contributed by atoms with van der Waals surface area (Å²) in [6.07, 6.45) is 4.92. The van der Waals surface area contributed by atoms with Crippen molar-refractivity contribution < 1.29 is 19.1 Å². The number of rotatable bonds is 4. The van der Waals surface area contributed by atoms with Crippen molar-refractivity contribution in [1.29, 1.82) is 0 Å². The molecule has 0 aliphatic carbocycles. The lowest BCUT2D eigenvalue weighted by molar-refractivity contribution is -0.158. The molecular weight excluding hydrogens is 412 g/mol. The summed E-state index contributed by atoms with van der Waals surface area (Å²) >= 11 is 0. The smallest absolute Gasteiger partial charge is 0.332 e. The first-order chi connectivity index (χ1) is 16.2. The third kappa shape index (κ3) is 16.7. The van der Waals surface area contributed by atoms with E-state index in [-0.39, 0.29) is 13.2 Å². The molecule has 0 aromatic heterocycles. The maximum absolute atomic E-state index is 11.7. The van der Waals surface area contributed by atoms with Gasteiger partial charge in [0.1, 0.15) is 0 Å². The number of carbonyl (C=O) groups excluding carboxylic acids is 2. The van der Waals surface area contributed by atoms with Crippen molar-refractivity contribution in [3.8, 4) is 131 Å². The van der Waals surface area contributed by atoms with Crippen LogP contribution >= 0.6 is 0 Å². The summed E-state index contributed by atoms with van der Waals surface area (Å²) in [5, 5.41) is 0. The second-order valence-corrected chi connectivity index (χ2v) is 4.60. The topological polar surface area (TPSA) is 52.6 Å². The number of carbonyl (C=O) groups is 2. The number of terminal acetylenes is 1. The second-order valence-electron chi connectivity index (χ2n) is 4.60. The predicted molar refractivity (Wildman–Crippen MR) is 123 cm³/mol. The molecule has 0 saturated carbocycles. The van der Waals surface area contributed by atoms with Crippen LogP contribution in [0.3, 0.4) is 0 Å². The maximum Gasteiger partial charge on any atom is 0.332 e. The number of hydrogen-bond acceptors (Lipinski definition) is 4. The van der Waals surface area contributed by atoms with E-state index in [1.807, 2.05) is 0 Å². The Balaban J connectivity index is 4.79. The maximum atomic E-state index is 11.7. The molecule has 0 atom stereocenters. The molecule has 0 aliphatic heterocycles. The van der Waals surface area contributed by atoms with E-state index in [2.05, 4.69) is 124 Å². The standard InChI is InChI=1S/C29H12O4/c1-4-7-8-9-10-11-12-13-14-15-16-17-18-19-20-21-22-23-24-25-26-27(28(30)32-5-2)29(31)33-6-3/h1,27H,5-6H2,2-3H3. The van der Waals surface area contributed by atoms with Crippen molar-refractivity contribution in [3.63, 3.8) is 0 Å². The fourth-order valence-electron chi connectivity index (χ4n) is 1.34. The van der Waals surface area contributed by atoms with E-state index in [9.17, 15) is 9.59 Å². The van der Waals surface area contributed by atoms with Crippen LogP contribution < -0.4 is 0 Å². The van der Waals surface area contributed by atoms with E-state index in [0.29, 0.717) is 0 Å². The predicted octanol–water partition coefficient (Wildman–Crippen LogP) is 0.396. The van der Waals surface area contributed by atoms with Gasteiger partial charge in [-0.05, 0) is 109 Å². The minimum absolute atomic E-state index is 0.115. The average Bonchev–Trinajstić information content (AvgIpc) is 2.80. The summed E-state index contributed by atoms with van der Waals surface area (Å²) in [7, 11) is 0. The van der Waals surface area contributed by atoms with Gasteiger partial charge in [0, 0.05) is 23.7 Å². The molecule has 0 unspecified atom stereocenters. The van der Waals surface area contributed by atoms with Gasteiger partial charge in [0.2, 0.25) is 5.92 Å². The third-order valence-corrected chi connectivity index (χ3v) is 2.46. The van der Waals surface area contributed by atoms with Crippen LogP contribution in [0.15, 0.2) is 0 Å². The molecule has 0 bridgehead atoms. The van der Waals surface area contributed by atoms with Crippen LogP contribution in [-0.2, 0) is 19.1 Å². The monoisotopic (exact) mass is 424 g/mol. The highest BCUT2D eigenvalue weighted by atomic mass is 16.6. The lowest BCUT2D eigenvalue weighted by Crippen LogP contribution is -2.26. The summed E-state index contributed by atoms with van der Waals surface area (Å²) in [5.74, 6) is 47.8.